The average molecular weight is 618 g/mol. The fraction of sp³-hybridized carbons (Fsp3) is 0.900. The summed E-state index contributed by atoms with van der Waals surface area (Å²) in [6.07, 6.45) is -13.7. The molecule has 2 unspecified atom stereocenters. The summed E-state index contributed by atoms with van der Waals surface area (Å²) in [6.45, 7) is 0.807. The molecule has 1 saturated heterocycles. The number of unbranched alkanes of at least 4 members (excludes halogenated alkanes) is 1. The third-order valence-corrected chi connectivity index (χ3v) is 7.76. The molecule has 1 aliphatic rings. The molecule has 230 valence electrons. The van der Waals surface area contributed by atoms with Crippen LogP contribution in [0.25, 0.3) is 0 Å². The van der Waals surface area contributed by atoms with Gasteiger partial charge in [-0.1, -0.05) is 31.7 Å². The van der Waals surface area contributed by atoms with Crippen molar-refractivity contribution in [1.82, 2.24) is 0 Å². The largest absolute Gasteiger partial charge is 0.465 e. The van der Waals surface area contributed by atoms with E-state index < -0.39 is 84.4 Å². The minimum absolute atomic E-state index is 0.00212. The van der Waals surface area contributed by atoms with Crippen molar-refractivity contribution in [3.05, 3.63) is 0 Å². The molecule has 0 spiro atoms. The van der Waals surface area contributed by atoms with Gasteiger partial charge in [-0.25, -0.2) is 36.0 Å². The maximum Gasteiger partial charge on any atom is 0.352 e. The molecule has 1 aliphatic heterocycles. The van der Waals surface area contributed by atoms with Crippen LogP contribution in [-0.4, -0.2) is 71.4 Å². The normalized spacial score (nSPS) is 23.3. The lowest BCUT2D eigenvalue weighted by Crippen LogP contribution is -2.71. The molecule has 7 nitrogen and oxygen atoms in total. The second-order valence-corrected chi connectivity index (χ2v) is 9.72. The summed E-state index contributed by atoms with van der Waals surface area (Å²) in [7, 11) is 0. The third kappa shape index (κ3) is 6.19. The number of rotatable bonds is 16. The predicted octanol–water partition coefficient (Wildman–Crippen LogP) is 6.41. The SMILES string of the molecule is CCCCC1(CC)COC(=O)CC1(SOOO)C(=O)OCCC(F)(F)C(F)(C(F)(F)C(F)F)C(F)(F)C(F)F. The Kier molecular flexibility index (Phi) is 11.7. The monoisotopic (exact) mass is 618 g/mol. The zero-order chi connectivity index (χ0) is 30.5. The molecule has 0 aliphatic carbocycles. The minimum atomic E-state index is -7.12. The van der Waals surface area contributed by atoms with Crippen LogP contribution in [0.4, 0.5) is 48.3 Å². The summed E-state index contributed by atoms with van der Waals surface area (Å²) >= 11 is -0.0291. The number of alkyl halides is 11. The van der Waals surface area contributed by atoms with E-state index in [1.54, 1.807) is 6.92 Å². The second kappa shape index (κ2) is 12.9. The summed E-state index contributed by atoms with van der Waals surface area (Å²) in [5.74, 6) is -23.0. The number of hydrogen-bond acceptors (Lipinski definition) is 8. The molecule has 0 saturated carbocycles. The molecule has 1 N–H and O–H groups in total. The Hall–Kier alpha value is -1.60. The van der Waals surface area contributed by atoms with E-state index in [9.17, 15) is 57.9 Å². The lowest BCUT2D eigenvalue weighted by atomic mass is 9.67. The highest BCUT2D eigenvalue weighted by atomic mass is 32.2. The zero-order valence-corrected chi connectivity index (χ0v) is 21.1. The molecule has 19 heteroatoms. The standard InChI is InChI=1S/C20H25F11O7S/c1-3-5-6-15(4-2)10-36-11(32)9-16(15,39-38-37-34)14(33)35-8-7-17(25,26)20(31,18(27,28)12(21)22)19(29,30)13(23)24/h12-13,34H,3-10H2,1-2H3. The van der Waals surface area contributed by atoms with Crippen LogP contribution < -0.4 is 0 Å². The number of cyclic esters (lactones) is 1. The van der Waals surface area contributed by atoms with Gasteiger partial charge in [0.05, 0.1) is 31.7 Å². The highest BCUT2D eigenvalue weighted by Crippen LogP contribution is 2.58. The first-order valence-corrected chi connectivity index (χ1v) is 11.9. The van der Waals surface area contributed by atoms with Crippen LogP contribution in [0, 0.1) is 5.41 Å². The Morgan fingerprint density at radius 1 is 1.05 bits per heavy atom. The number of hydrogen-bond donors (Lipinski definition) is 1. The first-order chi connectivity index (χ1) is 17.8. The summed E-state index contributed by atoms with van der Waals surface area (Å²) in [5.41, 5.74) is -8.53. The Labute approximate surface area is 218 Å². The molecule has 0 amide bonds. The van der Waals surface area contributed by atoms with Gasteiger partial charge in [0.1, 0.15) is 0 Å². The predicted molar refractivity (Wildman–Crippen MR) is 109 cm³/mol. The van der Waals surface area contributed by atoms with Crippen LogP contribution in [0.1, 0.15) is 52.4 Å². The molecule has 0 bridgehead atoms. The minimum Gasteiger partial charge on any atom is -0.465 e. The molecular formula is C20H25F11O7S. The molecule has 1 rings (SSSR count). The fourth-order valence-electron chi connectivity index (χ4n) is 4.22. The highest BCUT2D eigenvalue weighted by Gasteiger charge is 2.86. The summed E-state index contributed by atoms with van der Waals surface area (Å²) in [4.78, 5) is 25.2. The van der Waals surface area contributed by atoms with Gasteiger partial charge in [-0.3, -0.25) is 9.59 Å². The molecule has 0 aromatic carbocycles. The first kappa shape index (κ1) is 35.4. The lowest BCUT2D eigenvalue weighted by Gasteiger charge is -2.48. The van der Waals surface area contributed by atoms with E-state index >= 15 is 0 Å². The van der Waals surface area contributed by atoms with Gasteiger partial charge in [0.15, 0.2) is 4.75 Å². The number of carbonyl (C=O) groups is 2. The van der Waals surface area contributed by atoms with Crippen molar-refractivity contribution in [2.75, 3.05) is 13.2 Å². The quantitative estimate of drug-likeness (QED) is 0.0699. The number of halogens is 11. The van der Waals surface area contributed by atoms with Gasteiger partial charge in [-0.2, -0.15) is 17.6 Å². The third-order valence-electron chi connectivity index (χ3n) is 6.60. The summed E-state index contributed by atoms with van der Waals surface area (Å²) < 4.78 is 161. The number of esters is 2. The number of carbonyl (C=O) groups excluding carboxylic acids is 2. The maximum absolute atomic E-state index is 14.6. The van der Waals surface area contributed by atoms with Gasteiger partial charge >= 0.3 is 42.3 Å². The van der Waals surface area contributed by atoms with E-state index in [0.717, 1.165) is 0 Å². The van der Waals surface area contributed by atoms with Gasteiger partial charge in [0.2, 0.25) is 0 Å². The van der Waals surface area contributed by atoms with Crippen molar-refractivity contribution in [2.45, 2.75) is 93.4 Å². The Bertz CT molecular complexity index is 829. The number of ether oxygens (including phenoxy) is 2. The van der Waals surface area contributed by atoms with E-state index in [0.29, 0.717) is 12.8 Å². The molecule has 0 radical (unpaired) electrons. The van der Waals surface area contributed by atoms with E-state index in [4.69, 9.17) is 9.99 Å². The topological polar surface area (TPSA) is 91.3 Å². The van der Waals surface area contributed by atoms with Crippen LogP contribution in [0.2, 0.25) is 0 Å². The van der Waals surface area contributed by atoms with Crippen molar-refractivity contribution in [1.29, 1.82) is 0 Å². The zero-order valence-electron chi connectivity index (χ0n) is 20.3. The molecule has 1 fully saturated rings. The average Bonchev–Trinajstić information content (AvgIpc) is 2.85. The van der Waals surface area contributed by atoms with Crippen LogP contribution in [0.15, 0.2) is 0 Å². The van der Waals surface area contributed by atoms with E-state index in [-0.39, 0.29) is 24.9 Å². The molecule has 39 heavy (non-hydrogen) atoms. The van der Waals surface area contributed by atoms with Crippen LogP contribution in [-0.2, 0) is 28.4 Å². The van der Waals surface area contributed by atoms with Crippen LogP contribution in [0.3, 0.4) is 0 Å². The van der Waals surface area contributed by atoms with Gasteiger partial charge in [0, 0.05) is 11.8 Å². The van der Waals surface area contributed by atoms with E-state index in [1.165, 1.54) is 6.92 Å². The van der Waals surface area contributed by atoms with Crippen molar-refractivity contribution >= 4 is 24.0 Å². The molecule has 1 heterocycles. The Morgan fingerprint density at radius 2 is 1.59 bits per heavy atom. The van der Waals surface area contributed by atoms with Gasteiger partial charge < -0.3 is 9.47 Å². The molecule has 2 atom stereocenters. The van der Waals surface area contributed by atoms with Gasteiger partial charge in [-0.05, 0) is 12.8 Å². The molecule has 0 aromatic rings. The van der Waals surface area contributed by atoms with Crippen LogP contribution in [0.5, 0.6) is 0 Å². The smallest absolute Gasteiger partial charge is 0.352 e. The van der Waals surface area contributed by atoms with Crippen LogP contribution >= 0.6 is 12.0 Å². The Morgan fingerprint density at radius 3 is 2.03 bits per heavy atom. The Balaban J connectivity index is 3.42. The second-order valence-electron chi connectivity index (χ2n) is 8.72. The molecule has 0 aromatic heterocycles. The fourth-order valence-corrected chi connectivity index (χ4v) is 5.15. The highest BCUT2D eigenvalue weighted by molar-refractivity contribution is 7.96. The van der Waals surface area contributed by atoms with Gasteiger partial charge in [-0.15, -0.1) is 4.33 Å². The van der Waals surface area contributed by atoms with Crippen molar-refractivity contribution in [3.8, 4) is 0 Å². The van der Waals surface area contributed by atoms with E-state index in [1.807, 2.05) is 0 Å². The first-order valence-electron chi connectivity index (χ1n) is 11.2. The summed E-state index contributed by atoms with van der Waals surface area (Å²) in [5, 5.41) is 12.0. The van der Waals surface area contributed by atoms with Gasteiger partial charge in [0.25, 0.3) is 5.92 Å². The van der Waals surface area contributed by atoms with Crippen molar-refractivity contribution in [3.63, 3.8) is 0 Å². The molecular weight excluding hydrogens is 593 g/mol. The van der Waals surface area contributed by atoms with Crippen molar-refractivity contribution in [2.24, 2.45) is 5.41 Å². The van der Waals surface area contributed by atoms with Crippen molar-refractivity contribution < 1.29 is 82.0 Å². The van der Waals surface area contributed by atoms with E-state index in [2.05, 4.69) is 14.1 Å². The maximum atomic E-state index is 14.6. The lowest BCUT2D eigenvalue weighted by molar-refractivity contribution is -0.432. The summed E-state index contributed by atoms with van der Waals surface area (Å²) in [6, 6.07) is 0.